The molecule has 1 amide bonds. The fourth-order valence-corrected chi connectivity index (χ4v) is 6.21. The van der Waals surface area contributed by atoms with Crippen LogP contribution in [0, 0.1) is 5.92 Å². The van der Waals surface area contributed by atoms with Crippen LogP contribution in [0.1, 0.15) is 83.4 Å². The molecule has 1 aromatic rings. The third kappa shape index (κ3) is 6.95. The summed E-state index contributed by atoms with van der Waals surface area (Å²) < 4.78 is 33.8. The van der Waals surface area contributed by atoms with Crippen LogP contribution >= 0.6 is 11.6 Å². The first-order chi connectivity index (χ1) is 17.4. The summed E-state index contributed by atoms with van der Waals surface area (Å²) >= 11 is 6.78. The van der Waals surface area contributed by atoms with Crippen LogP contribution in [-0.2, 0) is 25.3 Å². The lowest BCUT2D eigenvalue weighted by Gasteiger charge is -2.38. The van der Waals surface area contributed by atoms with Gasteiger partial charge in [0.1, 0.15) is 12.4 Å². The van der Waals surface area contributed by atoms with Gasteiger partial charge in [-0.15, -0.1) is 0 Å². The number of rotatable bonds is 9. The fourth-order valence-electron chi connectivity index (χ4n) is 4.98. The van der Waals surface area contributed by atoms with Gasteiger partial charge < -0.3 is 19.1 Å². The number of nitrogens with one attached hydrogen (secondary N) is 1. The molecule has 3 atom stereocenters. The summed E-state index contributed by atoms with van der Waals surface area (Å²) in [4.78, 5) is 14.9. The van der Waals surface area contributed by atoms with Crippen molar-refractivity contribution in [3.8, 4) is 5.75 Å². The molecule has 1 saturated carbocycles. The van der Waals surface area contributed by atoms with Gasteiger partial charge in [-0.3, -0.25) is 4.79 Å². The van der Waals surface area contributed by atoms with E-state index < -0.39 is 27.6 Å². The number of carbonyl (C=O) groups excluding carboxylic acids is 1. The van der Waals surface area contributed by atoms with E-state index in [1.807, 2.05) is 45.6 Å². The molecule has 1 unspecified atom stereocenters. The van der Waals surface area contributed by atoms with Gasteiger partial charge in [-0.2, -0.15) is 0 Å². The average molecular weight is 553 g/mol. The first kappa shape index (κ1) is 28.6. The van der Waals surface area contributed by atoms with E-state index in [9.17, 15) is 9.00 Å². The Morgan fingerprint density at radius 3 is 2.51 bits per heavy atom. The summed E-state index contributed by atoms with van der Waals surface area (Å²) in [6.45, 7) is 15.2. The van der Waals surface area contributed by atoms with Crippen molar-refractivity contribution in [2.45, 2.75) is 88.9 Å². The van der Waals surface area contributed by atoms with Crippen molar-refractivity contribution in [2.75, 3.05) is 26.3 Å². The molecule has 3 fully saturated rings. The van der Waals surface area contributed by atoms with Gasteiger partial charge in [0, 0.05) is 23.7 Å². The molecule has 0 radical (unpaired) electrons. The smallest absolute Gasteiger partial charge is 0.254 e. The van der Waals surface area contributed by atoms with Crippen molar-refractivity contribution in [3.05, 3.63) is 40.9 Å². The molecule has 3 aliphatic rings. The monoisotopic (exact) mass is 552 g/mol. The minimum Gasteiger partial charge on any atom is -0.489 e. The molecule has 7 nitrogen and oxygen atoms in total. The van der Waals surface area contributed by atoms with Crippen LogP contribution < -0.4 is 9.46 Å². The minimum absolute atomic E-state index is 0.0290. The van der Waals surface area contributed by atoms with Crippen LogP contribution in [0.15, 0.2) is 24.8 Å². The molecule has 1 aromatic carbocycles. The molecule has 2 aliphatic heterocycles. The Labute approximate surface area is 228 Å². The molecular weight excluding hydrogens is 512 g/mol. The Balaban J connectivity index is 1.57. The largest absolute Gasteiger partial charge is 0.489 e. The van der Waals surface area contributed by atoms with E-state index in [0.29, 0.717) is 25.6 Å². The lowest BCUT2D eigenvalue weighted by atomic mass is 9.85. The van der Waals surface area contributed by atoms with Gasteiger partial charge in [-0.1, -0.05) is 24.3 Å². The highest BCUT2D eigenvalue weighted by Crippen LogP contribution is 2.47. The molecule has 37 heavy (non-hydrogen) atoms. The topological polar surface area (TPSA) is 77.1 Å². The van der Waals surface area contributed by atoms with Crippen LogP contribution in [0.5, 0.6) is 5.75 Å². The van der Waals surface area contributed by atoms with Crippen molar-refractivity contribution in [2.24, 2.45) is 5.92 Å². The predicted octanol–water partition coefficient (Wildman–Crippen LogP) is 5.27. The number of nitrogens with zero attached hydrogens (tertiary/aromatic N) is 1. The van der Waals surface area contributed by atoms with Crippen LogP contribution in [0.4, 0.5) is 0 Å². The average Bonchev–Trinajstić information content (AvgIpc) is 3.62. The number of ether oxygens (including phenoxy) is 3. The Bertz CT molecular complexity index is 1030. The zero-order valence-electron chi connectivity index (χ0n) is 22.7. The van der Waals surface area contributed by atoms with Gasteiger partial charge >= 0.3 is 0 Å². The van der Waals surface area contributed by atoms with E-state index in [1.54, 1.807) is 6.08 Å². The van der Waals surface area contributed by atoms with E-state index >= 15 is 0 Å². The Morgan fingerprint density at radius 2 is 1.97 bits per heavy atom. The summed E-state index contributed by atoms with van der Waals surface area (Å²) in [6, 6.07) is 3.81. The molecular formula is C28H41ClN2O5S. The van der Waals surface area contributed by atoms with Crippen molar-refractivity contribution >= 4 is 28.5 Å². The molecule has 2 heterocycles. The standard InChI is InChI=1S/C28H41ClN2O5S/c1-7-14-34-23-16-20(18-8-9-18)22(29)15-21(23)25(30-37(33)27(2,3)4)19-10-12-31(13-11-19)26(32)24-17-35-28(5,6)36-24/h7,15-16,18-19,24-25,30H,1,8-14,17H2,2-6H3/t24-,25-,37?/m1/s1. The quantitative estimate of drug-likeness (QED) is 0.423. The highest BCUT2D eigenvalue weighted by atomic mass is 35.5. The molecule has 4 rings (SSSR count). The number of benzene rings is 1. The third-order valence-corrected chi connectivity index (χ3v) is 9.14. The second kappa shape index (κ2) is 11.3. The maximum Gasteiger partial charge on any atom is 0.254 e. The van der Waals surface area contributed by atoms with Gasteiger partial charge in [-0.05, 0) is 89.8 Å². The summed E-state index contributed by atoms with van der Waals surface area (Å²) in [6.07, 6.45) is 4.94. The summed E-state index contributed by atoms with van der Waals surface area (Å²) in [5, 5.41) is 0.727. The number of piperidine rings is 1. The van der Waals surface area contributed by atoms with Crippen LogP contribution in [0.25, 0.3) is 0 Å². The predicted molar refractivity (Wildman–Crippen MR) is 147 cm³/mol. The maximum absolute atomic E-state index is 13.3. The second-order valence-corrected chi connectivity index (χ2v) is 14.1. The van der Waals surface area contributed by atoms with E-state index in [2.05, 4.69) is 17.4 Å². The Hall–Kier alpha value is -1.45. The minimum atomic E-state index is -1.31. The molecule has 206 valence electrons. The van der Waals surface area contributed by atoms with E-state index in [0.717, 1.165) is 47.6 Å². The van der Waals surface area contributed by atoms with Crippen molar-refractivity contribution in [1.82, 2.24) is 9.62 Å². The van der Waals surface area contributed by atoms with Crippen LogP contribution in [0.3, 0.4) is 0 Å². The first-order valence-electron chi connectivity index (χ1n) is 13.2. The van der Waals surface area contributed by atoms with Gasteiger partial charge in [-0.25, -0.2) is 8.93 Å². The SMILES string of the molecule is C=CCOc1cc(C2CC2)c(Cl)cc1[C@H](NS(=O)C(C)(C)C)C1CCN(C(=O)[C@H]2COC(C)(C)O2)CC1. The normalized spacial score (nSPS) is 24.1. The lowest BCUT2D eigenvalue weighted by molar-refractivity contribution is -0.161. The second-order valence-electron chi connectivity index (χ2n) is 11.7. The number of hydrogen-bond acceptors (Lipinski definition) is 5. The molecule has 0 spiro atoms. The summed E-state index contributed by atoms with van der Waals surface area (Å²) in [5.41, 5.74) is 2.02. The van der Waals surface area contributed by atoms with E-state index in [4.69, 9.17) is 25.8 Å². The number of amides is 1. The van der Waals surface area contributed by atoms with Gasteiger partial charge in [0.2, 0.25) is 0 Å². The van der Waals surface area contributed by atoms with Crippen molar-refractivity contribution in [3.63, 3.8) is 0 Å². The molecule has 0 bridgehead atoms. The summed E-state index contributed by atoms with van der Waals surface area (Å²) in [5.74, 6) is 0.606. The number of halogens is 1. The Morgan fingerprint density at radius 1 is 1.30 bits per heavy atom. The third-order valence-electron chi connectivity index (χ3n) is 7.23. The van der Waals surface area contributed by atoms with E-state index in [1.165, 1.54) is 0 Å². The molecule has 1 N–H and O–H groups in total. The van der Waals surface area contributed by atoms with Crippen LogP contribution in [-0.4, -0.2) is 58.0 Å². The fraction of sp³-hybridized carbons (Fsp3) is 0.679. The number of carbonyl (C=O) groups is 1. The molecule has 2 saturated heterocycles. The molecule has 9 heteroatoms. The molecule has 0 aromatic heterocycles. The highest BCUT2D eigenvalue weighted by molar-refractivity contribution is 7.84. The zero-order valence-corrected chi connectivity index (χ0v) is 24.3. The van der Waals surface area contributed by atoms with Gasteiger partial charge in [0.25, 0.3) is 5.91 Å². The van der Waals surface area contributed by atoms with Gasteiger partial charge in [0.05, 0.1) is 28.4 Å². The summed E-state index contributed by atoms with van der Waals surface area (Å²) in [7, 11) is -1.31. The van der Waals surface area contributed by atoms with Crippen LogP contribution in [0.2, 0.25) is 5.02 Å². The first-order valence-corrected chi connectivity index (χ1v) is 14.8. The molecule has 1 aliphatic carbocycles. The zero-order chi connectivity index (χ0) is 27.0. The maximum atomic E-state index is 13.3. The van der Waals surface area contributed by atoms with Crippen molar-refractivity contribution in [1.29, 1.82) is 0 Å². The lowest BCUT2D eigenvalue weighted by Crippen LogP contribution is -2.47. The van der Waals surface area contributed by atoms with Crippen molar-refractivity contribution < 1.29 is 23.2 Å². The highest BCUT2D eigenvalue weighted by Gasteiger charge is 2.41. The Kier molecular flexibility index (Phi) is 8.76. The number of hydrogen-bond donors (Lipinski definition) is 1. The van der Waals surface area contributed by atoms with E-state index in [-0.39, 0.29) is 24.5 Å². The number of likely N-dealkylation sites (tertiary alicyclic amines) is 1. The van der Waals surface area contributed by atoms with Gasteiger partial charge in [0.15, 0.2) is 11.9 Å².